The van der Waals surface area contributed by atoms with E-state index in [2.05, 4.69) is 10.2 Å². The second-order valence-corrected chi connectivity index (χ2v) is 3.62. The quantitative estimate of drug-likeness (QED) is 0.867. The first-order valence-corrected chi connectivity index (χ1v) is 4.87. The minimum absolute atomic E-state index is 0.0798. The van der Waals surface area contributed by atoms with Crippen LogP contribution in [-0.2, 0) is 0 Å². The van der Waals surface area contributed by atoms with Gasteiger partial charge in [-0.3, -0.25) is 4.57 Å². The van der Waals surface area contributed by atoms with Crippen LogP contribution in [0.25, 0.3) is 5.69 Å². The van der Waals surface area contributed by atoms with Crippen molar-refractivity contribution in [2.24, 2.45) is 0 Å². The average molecular weight is 238 g/mol. The number of hydrogen-bond acceptors (Lipinski definition) is 3. The summed E-state index contributed by atoms with van der Waals surface area (Å²) in [6.07, 6.45) is 1.54. The molecule has 0 spiro atoms. The Bertz CT molecular complexity index is 551. The van der Waals surface area contributed by atoms with Crippen LogP contribution >= 0.6 is 11.6 Å². The molecule has 0 atom stereocenters. The Morgan fingerprint density at radius 3 is 2.75 bits per heavy atom. The van der Waals surface area contributed by atoms with E-state index < -0.39 is 5.97 Å². The molecule has 0 aliphatic heterocycles. The van der Waals surface area contributed by atoms with Crippen LogP contribution in [0.15, 0.2) is 24.5 Å². The second kappa shape index (κ2) is 3.94. The Kier molecular flexibility index (Phi) is 2.62. The number of aromatic nitrogens is 3. The highest BCUT2D eigenvalue weighted by Crippen LogP contribution is 2.20. The first-order valence-electron chi connectivity index (χ1n) is 4.49. The van der Waals surface area contributed by atoms with Gasteiger partial charge in [0.1, 0.15) is 12.2 Å². The molecule has 0 saturated carbocycles. The van der Waals surface area contributed by atoms with E-state index in [1.807, 2.05) is 0 Å². The monoisotopic (exact) mass is 237 g/mol. The van der Waals surface area contributed by atoms with Gasteiger partial charge in [-0.25, -0.2) is 4.79 Å². The highest BCUT2D eigenvalue weighted by molar-refractivity contribution is 6.33. The molecule has 1 heterocycles. The third-order valence-electron chi connectivity index (χ3n) is 2.18. The summed E-state index contributed by atoms with van der Waals surface area (Å²) < 4.78 is 1.72. The molecule has 0 aliphatic carbocycles. The Labute approximate surface area is 96.3 Å². The van der Waals surface area contributed by atoms with Gasteiger partial charge in [0.15, 0.2) is 0 Å². The summed E-state index contributed by atoms with van der Waals surface area (Å²) >= 11 is 5.86. The number of aromatic carboxylic acids is 1. The molecule has 2 rings (SSSR count). The van der Waals surface area contributed by atoms with E-state index in [0.29, 0.717) is 5.82 Å². The SMILES string of the molecule is Cc1nncn1-c1ccc(C(=O)O)c(Cl)c1. The van der Waals surface area contributed by atoms with Crippen molar-refractivity contribution in [3.05, 3.63) is 40.9 Å². The average Bonchev–Trinajstić information content (AvgIpc) is 2.63. The summed E-state index contributed by atoms with van der Waals surface area (Å²) in [7, 11) is 0. The third-order valence-corrected chi connectivity index (χ3v) is 2.49. The maximum atomic E-state index is 10.8. The number of carbonyl (C=O) groups is 1. The number of benzene rings is 1. The van der Waals surface area contributed by atoms with Crippen LogP contribution in [0.5, 0.6) is 0 Å². The molecule has 0 radical (unpaired) electrons. The molecule has 6 heteroatoms. The van der Waals surface area contributed by atoms with Gasteiger partial charge in [0.25, 0.3) is 0 Å². The predicted octanol–water partition coefficient (Wildman–Crippen LogP) is 1.93. The Balaban J connectivity index is 2.50. The number of aryl methyl sites for hydroxylation is 1. The zero-order valence-electron chi connectivity index (χ0n) is 8.38. The summed E-state index contributed by atoms with van der Waals surface area (Å²) in [5.74, 6) is -0.337. The van der Waals surface area contributed by atoms with Crippen LogP contribution in [0.2, 0.25) is 5.02 Å². The van der Waals surface area contributed by atoms with Gasteiger partial charge in [-0.1, -0.05) is 11.6 Å². The van der Waals surface area contributed by atoms with E-state index in [1.54, 1.807) is 30.0 Å². The zero-order valence-corrected chi connectivity index (χ0v) is 9.14. The summed E-state index contributed by atoms with van der Waals surface area (Å²) in [6.45, 7) is 1.80. The van der Waals surface area contributed by atoms with Crippen LogP contribution in [0.1, 0.15) is 16.2 Å². The molecular formula is C10H8ClN3O2. The number of nitrogens with zero attached hydrogens (tertiary/aromatic N) is 3. The molecule has 16 heavy (non-hydrogen) atoms. The van der Waals surface area contributed by atoms with Crippen molar-refractivity contribution in [3.8, 4) is 5.69 Å². The topological polar surface area (TPSA) is 68.0 Å². The summed E-state index contributed by atoms with van der Waals surface area (Å²) in [5, 5.41) is 16.6. The summed E-state index contributed by atoms with van der Waals surface area (Å²) in [6, 6.07) is 4.69. The first kappa shape index (κ1) is 10.6. The fourth-order valence-corrected chi connectivity index (χ4v) is 1.63. The number of carboxylic acid groups (broad SMARTS) is 1. The van der Waals surface area contributed by atoms with Crippen molar-refractivity contribution in [2.45, 2.75) is 6.92 Å². The number of rotatable bonds is 2. The fraction of sp³-hybridized carbons (Fsp3) is 0.100. The molecule has 0 fully saturated rings. The Morgan fingerprint density at radius 1 is 1.50 bits per heavy atom. The van der Waals surface area contributed by atoms with Crippen molar-refractivity contribution < 1.29 is 9.90 Å². The van der Waals surface area contributed by atoms with Gasteiger partial charge in [-0.2, -0.15) is 0 Å². The van der Waals surface area contributed by atoms with E-state index >= 15 is 0 Å². The van der Waals surface area contributed by atoms with Crippen molar-refractivity contribution in [3.63, 3.8) is 0 Å². The predicted molar refractivity (Wildman–Crippen MR) is 58.1 cm³/mol. The van der Waals surface area contributed by atoms with Crippen LogP contribution < -0.4 is 0 Å². The van der Waals surface area contributed by atoms with Crippen molar-refractivity contribution in [2.75, 3.05) is 0 Å². The normalized spacial score (nSPS) is 10.4. The second-order valence-electron chi connectivity index (χ2n) is 3.22. The van der Waals surface area contributed by atoms with Gasteiger partial charge < -0.3 is 5.11 Å². The van der Waals surface area contributed by atoms with Gasteiger partial charge in [-0.05, 0) is 25.1 Å². The molecular weight excluding hydrogens is 230 g/mol. The Hall–Kier alpha value is -1.88. The summed E-state index contributed by atoms with van der Waals surface area (Å²) in [4.78, 5) is 10.8. The molecule has 0 saturated heterocycles. The number of hydrogen-bond donors (Lipinski definition) is 1. The highest BCUT2D eigenvalue weighted by Gasteiger charge is 2.10. The van der Waals surface area contributed by atoms with E-state index in [9.17, 15) is 4.79 Å². The van der Waals surface area contributed by atoms with E-state index in [4.69, 9.17) is 16.7 Å². The molecule has 0 unspecified atom stereocenters. The van der Waals surface area contributed by atoms with E-state index in [-0.39, 0.29) is 10.6 Å². The zero-order chi connectivity index (χ0) is 11.7. The molecule has 1 aromatic carbocycles. The van der Waals surface area contributed by atoms with Crippen molar-refractivity contribution in [1.29, 1.82) is 0 Å². The molecule has 5 nitrogen and oxygen atoms in total. The maximum Gasteiger partial charge on any atom is 0.337 e. The van der Waals surface area contributed by atoms with Crippen LogP contribution in [-0.4, -0.2) is 25.8 Å². The lowest BCUT2D eigenvalue weighted by Crippen LogP contribution is -2.00. The fourth-order valence-electron chi connectivity index (χ4n) is 1.37. The van der Waals surface area contributed by atoms with Gasteiger partial charge >= 0.3 is 5.97 Å². The van der Waals surface area contributed by atoms with Crippen LogP contribution in [0.3, 0.4) is 0 Å². The van der Waals surface area contributed by atoms with Gasteiger partial charge in [0.05, 0.1) is 10.6 Å². The molecule has 82 valence electrons. The lowest BCUT2D eigenvalue weighted by Gasteiger charge is -2.05. The minimum Gasteiger partial charge on any atom is -0.478 e. The highest BCUT2D eigenvalue weighted by atomic mass is 35.5. The minimum atomic E-state index is -1.04. The molecule has 0 bridgehead atoms. The molecule has 1 aromatic heterocycles. The standard InChI is InChI=1S/C10H8ClN3O2/c1-6-13-12-5-14(6)7-2-3-8(10(15)16)9(11)4-7/h2-5H,1H3,(H,15,16). The van der Waals surface area contributed by atoms with Gasteiger partial charge in [-0.15, -0.1) is 10.2 Å². The smallest absolute Gasteiger partial charge is 0.337 e. The van der Waals surface area contributed by atoms with Gasteiger partial charge in [0, 0.05) is 5.69 Å². The Morgan fingerprint density at radius 2 is 2.25 bits per heavy atom. The molecule has 2 aromatic rings. The van der Waals surface area contributed by atoms with E-state index in [0.717, 1.165) is 5.69 Å². The van der Waals surface area contributed by atoms with Crippen LogP contribution in [0, 0.1) is 6.92 Å². The molecule has 1 N–H and O–H groups in total. The number of carboxylic acids is 1. The third kappa shape index (κ3) is 1.77. The van der Waals surface area contributed by atoms with Crippen molar-refractivity contribution >= 4 is 17.6 Å². The molecule has 0 amide bonds. The first-order chi connectivity index (χ1) is 7.59. The largest absolute Gasteiger partial charge is 0.478 e. The summed E-state index contributed by atoms with van der Waals surface area (Å²) in [5.41, 5.74) is 0.814. The lowest BCUT2D eigenvalue weighted by molar-refractivity contribution is 0.0697. The van der Waals surface area contributed by atoms with Crippen LogP contribution in [0.4, 0.5) is 0 Å². The maximum absolute atomic E-state index is 10.8. The van der Waals surface area contributed by atoms with Crippen molar-refractivity contribution in [1.82, 2.24) is 14.8 Å². The lowest BCUT2D eigenvalue weighted by atomic mass is 10.2. The molecule has 0 aliphatic rings. The van der Waals surface area contributed by atoms with E-state index in [1.165, 1.54) is 6.07 Å². The number of halogens is 1. The van der Waals surface area contributed by atoms with Gasteiger partial charge in [0.2, 0.25) is 0 Å².